The van der Waals surface area contributed by atoms with E-state index in [0.29, 0.717) is 37.4 Å². The fourth-order valence-corrected chi connectivity index (χ4v) is 10.6. The third kappa shape index (κ3) is 9.85. The quantitative estimate of drug-likeness (QED) is 0.183. The van der Waals surface area contributed by atoms with Crippen molar-refractivity contribution in [1.29, 1.82) is 0 Å². The average Bonchev–Trinajstić information content (AvgIpc) is 3.88. The van der Waals surface area contributed by atoms with Crippen LogP contribution in [0.3, 0.4) is 0 Å². The molecular weight excluding hydrogens is 831 g/mol. The Kier molecular flexibility index (Phi) is 14.5. The number of aryl methyl sites for hydroxylation is 1. The number of aromatic nitrogens is 3. The SMILES string of the molecule is CCn1c(-c2cccnc2[C@H](C)OC)c2c3cc(ccc31)-c1csc(n1)C[C@H](NC(=O)[C@H](C(C)C)N(C)C(=O)N(C)[C@H]1CCCN(C)C1)C(=O)N1CCC[C@H](N1)C(=O)OCC(C)(C)C2. The molecule has 0 radical (unpaired) electrons. The summed E-state index contributed by atoms with van der Waals surface area (Å²) in [5, 5.41) is 8.24. The number of ether oxygens (including phenoxy) is 2. The van der Waals surface area contributed by atoms with E-state index in [1.165, 1.54) is 21.2 Å². The zero-order valence-corrected chi connectivity index (χ0v) is 40.1. The summed E-state index contributed by atoms with van der Waals surface area (Å²) in [5.41, 5.74) is 9.41. The van der Waals surface area contributed by atoms with Gasteiger partial charge in [-0.15, -0.1) is 11.3 Å². The Labute approximate surface area is 381 Å². The Hall–Kier alpha value is -4.90. The molecule has 5 atom stereocenters. The number of carbonyl (C=O) groups excluding carboxylic acids is 4. The number of rotatable bonds is 9. The molecule has 7 rings (SSSR count). The standard InChI is InChI=1S/C48H67N9O6S/c1-11-56-39-19-18-31-23-34(39)35(43(56)33-16-12-20-49-41(33)30(4)62-10)25-48(5,6)28-63-46(60)36-17-14-22-57(52-36)45(59)37(24-40-50-38(31)27-64-40)51-44(58)42(29(2)3)55(9)47(61)54(8)32-15-13-21-53(7)26-32/h12,16,18-20,23,27,29-30,32,36-37,42,52H,11,13-15,17,21-22,24-26,28H2,1-10H3,(H,51,58)/t30-,32-,36-,37-,42-/m0/s1. The Morgan fingerprint density at radius 2 is 1.88 bits per heavy atom. The van der Waals surface area contributed by atoms with Crippen molar-refractivity contribution in [2.75, 3.05) is 54.5 Å². The number of carbonyl (C=O) groups is 4. The molecule has 6 bridgehead atoms. The molecule has 4 aromatic rings. The number of thiazole rings is 1. The van der Waals surface area contributed by atoms with Crippen LogP contribution in [0.15, 0.2) is 41.9 Å². The first-order valence-corrected chi connectivity index (χ1v) is 23.7. The molecule has 2 N–H and O–H groups in total. The normalized spacial score (nSPS) is 21.9. The number of urea groups is 1. The summed E-state index contributed by atoms with van der Waals surface area (Å²) in [5.74, 6) is -1.52. The molecule has 0 saturated carbocycles. The summed E-state index contributed by atoms with van der Waals surface area (Å²) >= 11 is 1.43. The third-order valence-electron chi connectivity index (χ3n) is 13.2. The predicted octanol–water partition coefficient (Wildman–Crippen LogP) is 6.30. The molecule has 3 aliphatic rings. The third-order valence-corrected chi connectivity index (χ3v) is 14.1. The van der Waals surface area contributed by atoms with E-state index in [1.807, 2.05) is 32.2 Å². The number of likely N-dealkylation sites (N-methyl/N-ethyl adjacent to an activating group) is 3. The van der Waals surface area contributed by atoms with Gasteiger partial charge in [-0.25, -0.2) is 15.2 Å². The Morgan fingerprint density at radius 3 is 2.59 bits per heavy atom. The first-order chi connectivity index (χ1) is 30.5. The van der Waals surface area contributed by atoms with Gasteiger partial charge in [-0.3, -0.25) is 24.4 Å². The highest BCUT2D eigenvalue weighted by molar-refractivity contribution is 7.10. The number of nitrogens with one attached hydrogen (secondary N) is 2. The highest BCUT2D eigenvalue weighted by Gasteiger charge is 2.39. The van der Waals surface area contributed by atoms with Crippen LogP contribution in [0, 0.1) is 11.3 Å². The van der Waals surface area contributed by atoms with E-state index in [-0.39, 0.29) is 43.0 Å². The van der Waals surface area contributed by atoms with Crippen molar-refractivity contribution in [2.24, 2.45) is 11.3 Å². The van der Waals surface area contributed by atoms with E-state index in [2.05, 4.69) is 72.3 Å². The van der Waals surface area contributed by atoms with Crippen molar-refractivity contribution in [3.63, 3.8) is 0 Å². The van der Waals surface area contributed by atoms with Gasteiger partial charge in [-0.1, -0.05) is 33.8 Å². The summed E-state index contributed by atoms with van der Waals surface area (Å²) in [7, 11) is 7.21. The minimum atomic E-state index is -1.04. The van der Waals surface area contributed by atoms with Crippen LogP contribution in [0.5, 0.6) is 0 Å². The van der Waals surface area contributed by atoms with Crippen molar-refractivity contribution < 1.29 is 28.7 Å². The van der Waals surface area contributed by atoms with Gasteiger partial charge >= 0.3 is 12.0 Å². The molecule has 1 aromatic carbocycles. The molecule has 2 saturated heterocycles. The van der Waals surface area contributed by atoms with E-state index >= 15 is 0 Å². The second kappa shape index (κ2) is 19.7. The second-order valence-electron chi connectivity index (χ2n) is 19.0. The molecule has 64 heavy (non-hydrogen) atoms. The molecule has 0 aliphatic carbocycles. The molecular formula is C48H67N9O6S. The lowest BCUT2D eigenvalue weighted by Gasteiger charge is -2.40. The number of nitrogens with zero attached hydrogens (tertiary/aromatic N) is 7. The van der Waals surface area contributed by atoms with Gasteiger partial charge in [0, 0.05) is 92.3 Å². The number of cyclic esters (lactones) is 1. The van der Waals surface area contributed by atoms with Gasteiger partial charge in [0.05, 0.1) is 34.8 Å². The van der Waals surface area contributed by atoms with Gasteiger partial charge in [0.15, 0.2) is 0 Å². The second-order valence-corrected chi connectivity index (χ2v) is 20.0. The number of pyridine rings is 1. The predicted molar refractivity (Wildman–Crippen MR) is 249 cm³/mol. The van der Waals surface area contributed by atoms with Gasteiger partial charge in [0.1, 0.15) is 18.1 Å². The highest BCUT2D eigenvalue weighted by Crippen LogP contribution is 2.42. The maximum absolute atomic E-state index is 14.6. The fourth-order valence-electron chi connectivity index (χ4n) is 9.73. The minimum absolute atomic E-state index is 0.0301. The molecule has 15 nitrogen and oxygen atoms in total. The van der Waals surface area contributed by atoms with Gasteiger partial charge < -0.3 is 34.1 Å². The van der Waals surface area contributed by atoms with E-state index in [1.54, 1.807) is 32.3 Å². The lowest BCUT2D eigenvalue weighted by molar-refractivity contribution is -0.155. The molecule has 3 aromatic heterocycles. The van der Waals surface area contributed by atoms with Crippen molar-refractivity contribution in [3.8, 4) is 22.5 Å². The number of amides is 4. The fraction of sp³-hybridized carbons (Fsp3) is 0.583. The van der Waals surface area contributed by atoms with Gasteiger partial charge in [0.25, 0.3) is 5.91 Å². The number of likely N-dealkylation sites (tertiary alicyclic amines) is 1. The van der Waals surface area contributed by atoms with Crippen molar-refractivity contribution >= 4 is 46.1 Å². The van der Waals surface area contributed by atoms with Gasteiger partial charge in [0.2, 0.25) is 5.91 Å². The van der Waals surface area contributed by atoms with Crippen molar-refractivity contribution in [1.82, 2.24) is 45.0 Å². The molecule has 4 amide bonds. The summed E-state index contributed by atoms with van der Waals surface area (Å²) in [6.45, 7) is 15.1. The van der Waals surface area contributed by atoms with Crippen LogP contribution >= 0.6 is 11.3 Å². The van der Waals surface area contributed by atoms with Gasteiger partial charge in [-0.2, -0.15) is 0 Å². The average molecular weight is 898 g/mol. The number of esters is 1. The van der Waals surface area contributed by atoms with E-state index in [4.69, 9.17) is 19.4 Å². The zero-order chi connectivity index (χ0) is 46.0. The first kappa shape index (κ1) is 47.1. The molecule has 3 aliphatic heterocycles. The maximum atomic E-state index is 14.6. The summed E-state index contributed by atoms with van der Waals surface area (Å²) in [6, 6.07) is 7.60. The van der Waals surface area contributed by atoms with Crippen LogP contribution in [0.2, 0.25) is 0 Å². The highest BCUT2D eigenvalue weighted by atomic mass is 32.1. The first-order valence-electron chi connectivity index (χ1n) is 22.8. The summed E-state index contributed by atoms with van der Waals surface area (Å²) in [6.07, 6.45) is 5.18. The monoisotopic (exact) mass is 897 g/mol. The molecule has 0 spiro atoms. The molecule has 0 unspecified atom stereocenters. The lowest BCUT2D eigenvalue weighted by Crippen LogP contribution is -2.62. The molecule has 6 heterocycles. The number of fused-ring (bicyclic) bond motifs is 6. The van der Waals surface area contributed by atoms with E-state index in [9.17, 15) is 19.2 Å². The maximum Gasteiger partial charge on any atom is 0.324 e. The number of methoxy groups -OCH3 is 1. The number of hydrogen-bond donors (Lipinski definition) is 2. The van der Waals surface area contributed by atoms with Crippen LogP contribution in [-0.4, -0.2) is 137 Å². The topological polar surface area (TPSA) is 154 Å². The number of hydrogen-bond acceptors (Lipinski definition) is 11. The molecule has 2 fully saturated rings. The minimum Gasteiger partial charge on any atom is -0.464 e. The molecule has 16 heteroatoms. The summed E-state index contributed by atoms with van der Waals surface area (Å²) in [4.78, 5) is 72.3. The Balaban J connectivity index is 1.27. The molecule has 346 valence electrons. The smallest absolute Gasteiger partial charge is 0.324 e. The number of hydrazine groups is 1. The van der Waals surface area contributed by atoms with Crippen molar-refractivity contribution in [2.45, 2.75) is 117 Å². The number of piperidine rings is 1. The van der Waals surface area contributed by atoms with E-state index in [0.717, 1.165) is 70.6 Å². The Bertz CT molecular complexity index is 2340. The van der Waals surface area contributed by atoms with Crippen LogP contribution in [0.4, 0.5) is 4.79 Å². The Morgan fingerprint density at radius 1 is 1.11 bits per heavy atom. The van der Waals surface area contributed by atoms with Crippen LogP contribution < -0.4 is 10.7 Å². The van der Waals surface area contributed by atoms with E-state index < -0.39 is 35.4 Å². The summed E-state index contributed by atoms with van der Waals surface area (Å²) < 4.78 is 14.3. The van der Waals surface area contributed by atoms with Crippen molar-refractivity contribution in [3.05, 3.63) is 58.2 Å². The largest absolute Gasteiger partial charge is 0.464 e. The van der Waals surface area contributed by atoms with Crippen LogP contribution in [0.25, 0.3) is 33.4 Å². The van der Waals surface area contributed by atoms with Crippen LogP contribution in [-0.2, 0) is 43.2 Å². The van der Waals surface area contributed by atoms with Gasteiger partial charge in [-0.05, 0) is 95.3 Å². The zero-order valence-electron chi connectivity index (χ0n) is 39.3. The lowest BCUT2D eigenvalue weighted by atomic mass is 9.84. The van der Waals surface area contributed by atoms with Crippen LogP contribution in [0.1, 0.15) is 89.6 Å². The number of benzene rings is 1.